The van der Waals surface area contributed by atoms with Crippen molar-refractivity contribution in [3.05, 3.63) is 106 Å². The molecule has 0 aliphatic carbocycles. The number of nitro groups is 1. The van der Waals surface area contributed by atoms with E-state index in [1.807, 2.05) is 48.5 Å². The molecule has 0 radical (unpaired) electrons. The molecule has 2 aromatic carbocycles. The molecule has 6 heteroatoms. The maximum Gasteiger partial charge on any atom is 0.269 e. The standard InChI is InChI=1S/C20H17N3O3/c24-19(14-15-9-11-17(12-10-15)23(25)26)22-20(16-6-2-1-3-7-16)18-8-4-5-13-21-18/h1-13,20H,14H2,(H,22,24). The van der Waals surface area contributed by atoms with E-state index >= 15 is 0 Å². The van der Waals surface area contributed by atoms with E-state index in [0.717, 1.165) is 11.3 Å². The number of carbonyl (C=O) groups excluding carboxylic acids is 1. The van der Waals surface area contributed by atoms with Crippen LogP contribution in [0.1, 0.15) is 22.9 Å². The Bertz CT molecular complexity index is 842. The van der Waals surface area contributed by atoms with Crippen molar-refractivity contribution in [1.29, 1.82) is 0 Å². The lowest BCUT2D eigenvalue weighted by Crippen LogP contribution is -2.31. The molecular weight excluding hydrogens is 330 g/mol. The molecule has 0 bridgehead atoms. The summed E-state index contributed by atoms with van der Waals surface area (Å²) in [5, 5.41) is 13.7. The van der Waals surface area contributed by atoms with Crippen molar-refractivity contribution in [2.45, 2.75) is 12.5 Å². The van der Waals surface area contributed by atoms with Crippen LogP contribution >= 0.6 is 0 Å². The molecule has 0 aliphatic rings. The molecule has 1 amide bonds. The average Bonchev–Trinajstić information content (AvgIpc) is 2.68. The second-order valence-corrected chi connectivity index (χ2v) is 5.77. The molecule has 1 aromatic heterocycles. The Morgan fingerprint density at radius 1 is 1.00 bits per heavy atom. The van der Waals surface area contributed by atoms with Crippen LogP contribution in [0.3, 0.4) is 0 Å². The Balaban J connectivity index is 1.76. The summed E-state index contributed by atoms with van der Waals surface area (Å²) >= 11 is 0. The summed E-state index contributed by atoms with van der Waals surface area (Å²) in [7, 11) is 0. The van der Waals surface area contributed by atoms with Gasteiger partial charge in [-0.25, -0.2) is 0 Å². The molecule has 0 aliphatic heterocycles. The Morgan fingerprint density at radius 3 is 2.31 bits per heavy atom. The second kappa shape index (κ2) is 8.02. The fourth-order valence-corrected chi connectivity index (χ4v) is 2.65. The maximum atomic E-state index is 12.5. The zero-order valence-electron chi connectivity index (χ0n) is 13.9. The first-order valence-corrected chi connectivity index (χ1v) is 8.12. The highest BCUT2D eigenvalue weighted by Gasteiger charge is 2.18. The minimum Gasteiger partial charge on any atom is -0.343 e. The molecule has 1 N–H and O–H groups in total. The van der Waals surface area contributed by atoms with E-state index in [2.05, 4.69) is 10.3 Å². The molecule has 0 saturated carbocycles. The summed E-state index contributed by atoms with van der Waals surface area (Å²) in [5.41, 5.74) is 2.39. The van der Waals surface area contributed by atoms with E-state index in [9.17, 15) is 14.9 Å². The fraction of sp³-hybridized carbons (Fsp3) is 0.100. The van der Waals surface area contributed by atoms with Crippen molar-refractivity contribution in [2.75, 3.05) is 0 Å². The first kappa shape index (κ1) is 17.3. The monoisotopic (exact) mass is 347 g/mol. The molecule has 26 heavy (non-hydrogen) atoms. The predicted octanol–water partition coefficient (Wildman–Crippen LogP) is 3.44. The average molecular weight is 347 g/mol. The molecule has 0 spiro atoms. The van der Waals surface area contributed by atoms with Crippen LogP contribution in [0, 0.1) is 10.1 Å². The van der Waals surface area contributed by atoms with Gasteiger partial charge in [-0.1, -0.05) is 48.5 Å². The highest BCUT2D eigenvalue weighted by molar-refractivity contribution is 5.79. The Hall–Kier alpha value is -3.54. The third-order valence-corrected chi connectivity index (χ3v) is 3.93. The number of amides is 1. The van der Waals surface area contributed by atoms with Crippen molar-refractivity contribution in [2.24, 2.45) is 0 Å². The van der Waals surface area contributed by atoms with E-state index in [-0.39, 0.29) is 24.1 Å². The van der Waals surface area contributed by atoms with Crippen molar-refractivity contribution >= 4 is 11.6 Å². The quantitative estimate of drug-likeness (QED) is 0.547. The van der Waals surface area contributed by atoms with Crippen molar-refractivity contribution in [3.8, 4) is 0 Å². The van der Waals surface area contributed by atoms with Crippen LogP contribution in [0.2, 0.25) is 0 Å². The van der Waals surface area contributed by atoms with Gasteiger partial charge in [0, 0.05) is 18.3 Å². The van der Waals surface area contributed by atoms with E-state index < -0.39 is 4.92 Å². The molecule has 1 atom stereocenters. The lowest BCUT2D eigenvalue weighted by molar-refractivity contribution is -0.384. The first-order chi connectivity index (χ1) is 12.6. The number of nitrogens with one attached hydrogen (secondary N) is 1. The highest BCUT2D eigenvalue weighted by Crippen LogP contribution is 2.20. The number of nitro benzene ring substituents is 1. The van der Waals surface area contributed by atoms with Crippen LogP contribution in [-0.2, 0) is 11.2 Å². The maximum absolute atomic E-state index is 12.5. The normalized spacial score (nSPS) is 11.5. The second-order valence-electron chi connectivity index (χ2n) is 5.77. The number of nitrogens with zero attached hydrogens (tertiary/aromatic N) is 2. The van der Waals surface area contributed by atoms with Gasteiger partial charge in [-0.15, -0.1) is 0 Å². The highest BCUT2D eigenvalue weighted by atomic mass is 16.6. The van der Waals surface area contributed by atoms with Crippen LogP contribution in [0.5, 0.6) is 0 Å². The van der Waals surface area contributed by atoms with Crippen LogP contribution in [0.25, 0.3) is 0 Å². The summed E-state index contributed by atoms with van der Waals surface area (Å²) in [5.74, 6) is -0.182. The Morgan fingerprint density at radius 2 is 1.69 bits per heavy atom. The largest absolute Gasteiger partial charge is 0.343 e. The van der Waals surface area contributed by atoms with Crippen LogP contribution in [0.15, 0.2) is 79.0 Å². The van der Waals surface area contributed by atoms with Gasteiger partial charge in [0.05, 0.1) is 23.1 Å². The number of hydrogen-bond acceptors (Lipinski definition) is 4. The number of benzene rings is 2. The first-order valence-electron chi connectivity index (χ1n) is 8.12. The summed E-state index contributed by atoms with van der Waals surface area (Å²) in [4.78, 5) is 27.1. The third kappa shape index (κ3) is 4.30. The summed E-state index contributed by atoms with van der Waals surface area (Å²) < 4.78 is 0. The van der Waals surface area contributed by atoms with Gasteiger partial charge in [0.25, 0.3) is 5.69 Å². The minimum atomic E-state index is -0.462. The summed E-state index contributed by atoms with van der Waals surface area (Å²) in [6, 6.07) is 20.8. The molecule has 1 heterocycles. The molecule has 3 rings (SSSR count). The third-order valence-electron chi connectivity index (χ3n) is 3.93. The Labute approximate surface area is 150 Å². The van der Waals surface area contributed by atoms with Gasteiger partial charge in [-0.3, -0.25) is 19.9 Å². The van der Waals surface area contributed by atoms with E-state index in [1.54, 1.807) is 18.3 Å². The van der Waals surface area contributed by atoms with Gasteiger partial charge in [0.1, 0.15) is 0 Å². The summed E-state index contributed by atoms with van der Waals surface area (Å²) in [6.07, 6.45) is 1.82. The number of non-ortho nitro benzene ring substituents is 1. The van der Waals surface area contributed by atoms with Crippen LogP contribution < -0.4 is 5.32 Å². The van der Waals surface area contributed by atoms with Crippen LogP contribution in [-0.4, -0.2) is 15.8 Å². The van der Waals surface area contributed by atoms with Gasteiger partial charge in [0.15, 0.2) is 0 Å². The zero-order chi connectivity index (χ0) is 18.4. The van der Waals surface area contributed by atoms with Gasteiger partial charge in [-0.05, 0) is 23.3 Å². The molecule has 3 aromatic rings. The van der Waals surface area contributed by atoms with Crippen molar-refractivity contribution in [3.63, 3.8) is 0 Å². The van der Waals surface area contributed by atoms with Gasteiger partial charge in [-0.2, -0.15) is 0 Å². The molecular formula is C20H17N3O3. The SMILES string of the molecule is O=C(Cc1ccc([N+](=O)[O-])cc1)NC(c1ccccc1)c1ccccn1. The number of aromatic nitrogens is 1. The molecule has 0 saturated heterocycles. The number of rotatable bonds is 6. The minimum absolute atomic E-state index is 0.00445. The van der Waals surface area contributed by atoms with Gasteiger partial charge < -0.3 is 5.32 Å². The number of pyridine rings is 1. The lowest BCUT2D eigenvalue weighted by Gasteiger charge is -2.19. The molecule has 1 unspecified atom stereocenters. The van der Waals surface area contributed by atoms with Crippen molar-refractivity contribution in [1.82, 2.24) is 10.3 Å². The van der Waals surface area contributed by atoms with Crippen LogP contribution in [0.4, 0.5) is 5.69 Å². The molecule has 0 fully saturated rings. The van der Waals surface area contributed by atoms with Gasteiger partial charge >= 0.3 is 0 Å². The topological polar surface area (TPSA) is 85.1 Å². The zero-order valence-corrected chi connectivity index (χ0v) is 13.9. The Kier molecular flexibility index (Phi) is 5.34. The fourth-order valence-electron chi connectivity index (χ4n) is 2.65. The van der Waals surface area contributed by atoms with E-state index in [4.69, 9.17) is 0 Å². The summed E-state index contributed by atoms with van der Waals surface area (Å²) in [6.45, 7) is 0. The molecule has 6 nitrogen and oxygen atoms in total. The smallest absolute Gasteiger partial charge is 0.269 e. The van der Waals surface area contributed by atoms with Crippen molar-refractivity contribution < 1.29 is 9.72 Å². The lowest BCUT2D eigenvalue weighted by atomic mass is 10.0. The number of carbonyl (C=O) groups is 1. The van der Waals surface area contributed by atoms with E-state index in [0.29, 0.717) is 5.56 Å². The molecule has 130 valence electrons. The van der Waals surface area contributed by atoms with Gasteiger partial charge in [0.2, 0.25) is 5.91 Å². The van der Waals surface area contributed by atoms with E-state index in [1.165, 1.54) is 12.1 Å². The predicted molar refractivity (Wildman–Crippen MR) is 97.5 cm³/mol. The number of hydrogen-bond donors (Lipinski definition) is 1.